The molecule has 0 saturated carbocycles. The molecular formula is C15H15FO5. The molecule has 0 amide bonds. The first-order valence-electron chi connectivity index (χ1n) is 6.85. The maximum Gasteiger partial charge on any atom is 0.312 e. The number of ether oxygens (including phenoxy) is 2. The lowest BCUT2D eigenvalue weighted by molar-refractivity contribution is -0.159. The van der Waals surface area contributed by atoms with Gasteiger partial charge < -0.3 is 14.6 Å². The second kappa shape index (κ2) is 5.44. The number of benzene rings is 1. The number of rotatable bonds is 4. The van der Waals surface area contributed by atoms with E-state index in [0.29, 0.717) is 18.4 Å². The van der Waals surface area contributed by atoms with E-state index < -0.39 is 29.9 Å². The van der Waals surface area contributed by atoms with Gasteiger partial charge in [0.05, 0.1) is 24.0 Å². The molecule has 21 heavy (non-hydrogen) atoms. The number of hydrogen-bond donors (Lipinski definition) is 1. The predicted octanol–water partition coefficient (Wildman–Crippen LogP) is 1.75. The summed E-state index contributed by atoms with van der Waals surface area (Å²) in [6.07, 6.45) is 0.599. The molecule has 0 radical (unpaired) electrons. The molecule has 1 N–H and O–H groups in total. The smallest absolute Gasteiger partial charge is 0.312 e. The molecule has 2 unspecified atom stereocenters. The van der Waals surface area contributed by atoms with Crippen LogP contribution in [0.4, 0.5) is 4.39 Å². The minimum Gasteiger partial charge on any atom is -0.481 e. The van der Waals surface area contributed by atoms with Crippen LogP contribution in [0.5, 0.6) is 0 Å². The summed E-state index contributed by atoms with van der Waals surface area (Å²) in [7, 11) is 0. The second-order valence-corrected chi connectivity index (χ2v) is 5.41. The van der Waals surface area contributed by atoms with Crippen LogP contribution in [-0.2, 0) is 25.7 Å². The summed E-state index contributed by atoms with van der Waals surface area (Å²) in [6.45, 7) is -0.000656. The average molecular weight is 294 g/mol. The number of aliphatic carboxylic acids is 1. The minimum atomic E-state index is -1.02. The molecular weight excluding hydrogens is 279 g/mol. The van der Waals surface area contributed by atoms with E-state index in [4.69, 9.17) is 9.47 Å². The van der Waals surface area contributed by atoms with Crippen LogP contribution < -0.4 is 0 Å². The van der Waals surface area contributed by atoms with Gasteiger partial charge in [-0.25, -0.2) is 4.39 Å². The Morgan fingerprint density at radius 3 is 2.43 bits per heavy atom. The van der Waals surface area contributed by atoms with E-state index in [0.717, 1.165) is 0 Å². The summed E-state index contributed by atoms with van der Waals surface area (Å²) in [6, 6.07) is 5.61. The van der Waals surface area contributed by atoms with E-state index in [2.05, 4.69) is 0 Å². The number of hydrogen-bond acceptors (Lipinski definition) is 4. The van der Waals surface area contributed by atoms with E-state index in [1.165, 1.54) is 24.3 Å². The van der Waals surface area contributed by atoms with Gasteiger partial charge >= 0.3 is 11.9 Å². The normalized spacial score (nSPS) is 30.3. The van der Waals surface area contributed by atoms with Crippen molar-refractivity contribution in [1.29, 1.82) is 0 Å². The van der Waals surface area contributed by atoms with Crippen LogP contribution in [0.2, 0.25) is 0 Å². The Balaban J connectivity index is 1.64. The molecule has 2 heterocycles. The molecule has 2 aliphatic heterocycles. The van der Waals surface area contributed by atoms with E-state index >= 15 is 0 Å². The SMILES string of the molecule is O=C(O)C1C(C(=O)OCc2ccc(F)cc2)[C@H]2CC[C@@H]1O2. The zero-order valence-electron chi connectivity index (χ0n) is 11.2. The standard InChI is InChI=1S/C15H15FO5/c16-9-3-1-8(2-4-9)7-20-15(19)13-11-6-5-10(21-11)12(13)14(17)18/h1-4,10-13H,5-7H2,(H,17,18)/t10-,11+,12?,13?/m0/s1. The first kappa shape index (κ1) is 14.0. The molecule has 2 bridgehead atoms. The molecule has 0 aliphatic carbocycles. The van der Waals surface area contributed by atoms with Crippen LogP contribution in [0.3, 0.4) is 0 Å². The lowest BCUT2D eigenvalue weighted by Gasteiger charge is -2.23. The number of carbonyl (C=O) groups is 2. The Morgan fingerprint density at radius 1 is 1.19 bits per heavy atom. The second-order valence-electron chi connectivity index (χ2n) is 5.41. The fourth-order valence-corrected chi connectivity index (χ4v) is 3.12. The van der Waals surface area contributed by atoms with Gasteiger partial charge in [-0.1, -0.05) is 12.1 Å². The number of halogens is 1. The number of carbonyl (C=O) groups excluding carboxylic acids is 1. The summed E-state index contributed by atoms with van der Waals surface area (Å²) >= 11 is 0. The molecule has 5 nitrogen and oxygen atoms in total. The first-order chi connectivity index (χ1) is 10.1. The lowest BCUT2D eigenvalue weighted by atomic mass is 9.79. The Labute approximate surface area is 120 Å². The molecule has 3 rings (SSSR count). The fraction of sp³-hybridized carbons (Fsp3) is 0.467. The Hall–Kier alpha value is -1.95. The average Bonchev–Trinajstić information content (AvgIpc) is 3.06. The minimum absolute atomic E-state index is 0.000656. The Bertz CT molecular complexity index is 556. The van der Waals surface area contributed by atoms with Crippen molar-refractivity contribution in [2.24, 2.45) is 11.8 Å². The maximum atomic E-state index is 12.8. The monoisotopic (exact) mass is 294 g/mol. The zero-order chi connectivity index (χ0) is 15.0. The highest BCUT2D eigenvalue weighted by molar-refractivity contribution is 5.83. The van der Waals surface area contributed by atoms with Gasteiger partial charge in [-0.05, 0) is 30.5 Å². The van der Waals surface area contributed by atoms with Crippen LogP contribution in [0, 0.1) is 17.7 Å². The van der Waals surface area contributed by atoms with Gasteiger partial charge in [0, 0.05) is 0 Å². The third-order valence-electron chi connectivity index (χ3n) is 4.12. The summed E-state index contributed by atoms with van der Waals surface area (Å²) in [4.78, 5) is 23.4. The predicted molar refractivity (Wildman–Crippen MR) is 68.7 cm³/mol. The van der Waals surface area contributed by atoms with Crippen molar-refractivity contribution in [3.05, 3.63) is 35.6 Å². The topological polar surface area (TPSA) is 72.8 Å². The van der Waals surface area contributed by atoms with E-state index in [9.17, 15) is 19.1 Å². The lowest BCUT2D eigenvalue weighted by Crippen LogP contribution is -2.39. The Morgan fingerprint density at radius 2 is 1.81 bits per heavy atom. The van der Waals surface area contributed by atoms with Crippen LogP contribution in [0.25, 0.3) is 0 Å². The van der Waals surface area contributed by atoms with Crippen molar-refractivity contribution in [3.8, 4) is 0 Å². The van der Waals surface area contributed by atoms with Crippen LogP contribution in [0.15, 0.2) is 24.3 Å². The van der Waals surface area contributed by atoms with E-state index in [-0.39, 0.29) is 18.5 Å². The number of fused-ring (bicyclic) bond motifs is 2. The van der Waals surface area contributed by atoms with Crippen molar-refractivity contribution >= 4 is 11.9 Å². The molecule has 1 aromatic carbocycles. The maximum absolute atomic E-state index is 12.8. The van der Waals surface area contributed by atoms with Crippen molar-refractivity contribution in [3.63, 3.8) is 0 Å². The van der Waals surface area contributed by atoms with Crippen molar-refractivity contribution < 1.29 is 28.6 Å². The van der Waals surface area contributed by atoms with Gasteiger partial charge in [-0.15, -0.1) is 0 Å². The summed E-state index contributed by atoms with van der Waals surface area (Å²) in [5, 5.41) is 9.24. The van der Waals surface area contributed by atoms with Crippen LogP contribution in [0.1, 0.15) is 18.4 Å². The molecule has 0 aromatic heterocycles. The molecule has 2 fully saturated rings. The molecule has 112 valence electrons. The molecule has 4 atom stereocenters. The summed E-state index contributed by atoms with van der Waals surface area (Å²) in [5.74, 6) is -3.52. The summed E-state index contributed by atoms with van der Waals surface area (Å²) in [5.41, 5.74) is 0.653. The highest BCUT2D eigenvalue weighted by Crippen LogP contribution is 2.44. The zero-order valence-corrected chi connectivity index (χ0v) is 11.2. The quantitative estimate of drug-likeness (QED) is 0.856. The molecule has 0 spiro atoms. The van der Waals surface area contributed by atoms with Crippen LogP contribution in [-0.4, -0.2) is 29.3 Å². The highest BCUT2D eigenvalue weighted by atomic mass is 19.1. The third kappa shape index (κ3) is 2.63. The molecule has 1 aromatic rings. The van der Waals surface area contributed by atoms with Crippen molar-refractivity contribution in [2.75, 3.05) is 0 Å². The van der Waals surface area contributed by atoms with Gasteiger partial charge in [-0.2, -0.15) is 0 Å². The highest BCUT2D eigenvalue weighted by Gasteiger charge is 2.56. The number of carboxylic acids is 1. The van der Waals surface area contributed by atoms with Crippen molar-refractivity contribution in [2.45, 2.75) is 31.7 Å². The van der Waals surface area contributed by atoms with Gasteiger partial charge in [0.25, 0.3) is 0 Å². The molecule has 2 aliphatic rings. The number of esters is 1. The molecule has 2 saturated heterocycles. The number of carboxylic acid groups (broad SMARTS) is 1. The largest absolute Gasteiger partial charge is 0.481 e. The van der Waals surface area contributed by atoms with Crippen molar-refractivity contribution in [1.82, 2.24) is 0 Å². The van der Waals surface area contributed by atoms with Crippen LogP contribution >= 0.6 is 0 Å². The summed E-state index contributed by atoms with van der Waals surface area (Å²) < 4.78 is 23.5. The molecule has 6 heteroatoms. The van der Waals surface area contributed by atoms with E-state index in [1.54, 1.807) is 0 Å². The Kier molecular flexibility index (Phi) is 3.63. The van der Waals surface area contributed by atoms with E-state index in [1.807, 2.05) is 0 Å². The van der Waals surface area contributed by atoms with Gasteiger partial charge in [0.1, 0.15) is 12.4 Å². The van der Waals surface area contributed by atoms with Gasteiger partial charge in [0.15, 0.2) is 0 Å². The fourth-order valence-electron chi connectivity index (χ4n) is 3.12. The third-order valence-corrected chi connectivity index (χ3v) is 4.12. The van der Waals surface area contributed by atoms with Gasteiger partial charge in [0.2, 0.25) is 0 Å². The van der Waals surface area contributed by atoms with Gasteiger partial charge in [-0.3, -0.25) is 9.59 Å². The first-order valence-corrected chi connectivity index (χ1v) is 6.85.